The first-order valence-corrected chi connectivity index (χ1v) is 16.6. The Kier molecular flexibility index (Phi) is 7.70. The monoisotopic (exact) mass is 541 g/mol. The molecule has 0 aromatic carbocycles. The molecule has 3 saturated carbocycles. The van der Waals surface area contributed by atoms with E-state index in [1.165, 1.54) is 6.26 Å². The molecule has 8 atom stereocenters. The van der Waals surface area contributed by atoms with E-state index >= 15 is 0 Å². The number of rotatable bonds is 3. The molecular formula is C27H44ClN3O4S. The van der Waals surface area contributed by atoms with Gasteiger partial charge in [0.25, 0.3) is 0 Å². The summed E-state index contributed by atoms with van der Waals surface area (Å²) >= 11 is 6.43. The number of carbonyl (C=O) groups is 2. The van der Waals surface area contributed by atoms with E-state index in [9.17, 15) is 18.0 Å². The third kappa shape index (κ3) is 5.20. The van der Waals surface area contributed by atoms with Gasteiger partial charge in [0.05, 0.1) is 23.4 Å². The second kappa shape index (κ2) is 10.4. The molecular weight excluding hydrogens is 498 g/mol. The SMILES string of the molecule is CC(=O)N1C2CCC(C3CCC(S(C)(=O)=O)CC3)CC2N(C(=O)C2CC3CCC(Cl)CC3N2)C[C@@H]1C. The fourth-order valence-corrected chi connectivity index (χ4v) is 9.99. The predicted octanol–water partition coefficient (Wildman–Crippen LogP) is 3.34. The van der Waals surface area contributed by atoms with Gasteiger partial charge in [-0.3, -0.25) is 9.59 Å². The zero-order chi connectivity index (χ0) is 25.8. The number of nitrogens with one attached hydrogen (secondary N) is 1. The van der Waals surface area contributed by atoms with E-state index in [1.807, 2.05) is 4.90 Å². The Morgan fingerprint density at radius 2 is 1.53 bits per heavy atom. The fraction of sp³-hybridized carbons (Fsp3) is 0.926. The summed E-state index contributed by atoms with van der Waals surface area (Å²) in [5.41, 5.74) is 0. The minimum atomic E-state index is -2.98. The molecule has 7 nitrogen and oxygen atoms in total. The molecule has 9 heteroatoms. The minimum Gasteiger partial charge on any atom is -0.334 e. The molecule has 2 heterocycles. The van der Waals surface area contributed by atoms with E-state index in [-0.39, 0.29) is 46.6 Å². The minimum absolute atomic E-state index is 0.0188. The van der Waals surface area contributed by atoms with Crippen LogP contribution in [0.5, 0.6) is 0 Å². The smallest absolute Gasteiger partial charge is 0.240 e. The molecule has 5 rings (SSSR count). The van der Waals surface area contributed by atoms with Crippen LogP contribution in [0.2, 0.25) is 0 Å². The highest BCUT2D eigenvalue weighted by Crippen LogP contribution is 2.44. The van der Waals surface area contributed by atoms with Crippen LogP contribution in [-0.4, -0.2) is 83.7 Å². The van der Waals surface area contributed by atoms with Crippen LogP contribution in [0.1, 0.15) is 84.5 Å². The maximum Gasteiger partial charge on any atom is 0.240 e. The summed E-state index contributed by atoms with van der Waals surface area (Å²) in [6.45, 7) is 4.34. The molecule has 0 aromatic rings. The number of carbonyl (C=O) groups excluding carboxylic acids is 2. The summed E-state index contributed by atoms with van der Waals surface area (Å²) in [7, 11) is -2.98. The van der Waals surface area contributed by atoms with Crippen LogP contribution < -0.4 is 5.32 Å². The number of alkyl halides is 1. The molecule has 1 N–H and O–H groups in total. The largest absolute Gasteiger partial charge is 0.334 e. The summed E-state index contributed by atoms with van der Waals surface area (Å²) in [6.07, 6.45) is 11.6. The molecule has 7 unspecified atom stereocenters. The van der Waals surface area contributed by atoms with Crippen molar-refractivity contribution in [1.29, 1.82) is 0 Å². The summed E-state index contributed by atoms with van der Waals surface area (Å²) in [4.78, 5) is 30.8. The lowest BCUT2D eigenvalue weighted by Gasteiger charge is -2.55. The number of halogens is 1. The standard InChI is InChI=1S/C27H44ClN3O4S/c1-16-15-30(27(33)24-12-20-4-8-21(28)14-23(20)29-24)26-13-19(7-11-25(26)31(16)17(2)32)18-5-9-22(10-6-18)36(3,34)35/h16,18-26,29H,4-15H2,1-3H3/t16-,18?,19?,20?,21?,22?,23?,24?,25?,26?/m0/s1. The van der Waals surface area contributed by atoms with E-state index in [4.69, 9.17) is 11.6 Å². The van der Waals surface area contributed by atoms with Crippen LogP contribution in [0.15, 0.2) is 0 Å². The highest BCUT2D eigenvalue weighted by Gasteiger charge is 2.50. The average Bonchev–Trinajstić information content (AvgIpc) is 3.25. The molecule has 5 fully saturated rings. The number of sulfone groups is 1. The van der Waals surface area contributed by atoms with Gasteiger partial charge >= 0.3 is 0 Å². The van der Waals surface area contributed by atoms with Gasteiger partial charge in [-0.15, -0.1) is 11.6 Å². The van der Waals surface area contributed by atoms with Gasteiger partial charge in [-0.1, -0.05) is 0 Å². The molecule has 204 valence electrons. The molecule has 2 saturated heterocycles. The molecule has 2 amide bonds. The van der Waals surface area contributed by atoms with Crippen LogP contribution in [0, 0.1) is 17.8 Å². The van der Waals surface area contributed by atoms with E-state index in [1.54, 1.807) is 6.92 Å². The molecule has 0 radical (unpaired) electrons. The van der Waals surface area contributed by atoms with Crippen molar-refractivity contribution in [2.75, 3.05) is 12.8 Å². The Hall–Kier alpha value is -0.860. The first-order valence-electron chi connectivity index (χ1n) is 14.2. The zero-order valence-electron chi connectivity index (χ0n) is 22.1. The van der Waals surface area contributed by atoms with Crippen molar-refractivity contribution < 1.29 is 18.0 Å². The van der Waals surface area contributed by atoms with Crippen molar-refractivity contribution in [2.45, 2.75) is 125 Å². The number of hydrogen-bond donors (Lipinski definition) is 1. The van der Waals surface area contributed by atoms with E-state index in [0.717, 1.165) is 70.6 Å². The van der Waals surface area contributed by atoms with Crippen LogP contribution in [0.25, 0.3) is 0 Å². The summed E-state index contributed by atoms with van der Waals surface area (Å²) < 4.78 is 24.1. The van der Waals surface area contributed by atoms with E-state index in [2.05, 4.69) is 17.1 Å². The third-order valence-corrected chi connectivity index (χ3v) is 12.4. The summed E-state index contributed by atoms with van der Waals surface area (Å²) in [5.74, 6) is 1.85. The average molecular weight is 542 g/mol. The highest BCUT2D eigenvalue weighted by molar-refractivity contribution is 7.91. The fourth-order valence-electron chi connectivity index (χ4n) is 8.54. The zero-order valence-corrected chi connectivity index (χ0v) is 23.6. The number of piperazine rings is 1. The Bertz CT molecular complexity index is 953. The maximum absolute atomic E-state index is 14.0. The van der Waals surface area contributed by atoms with Gasteiger partial charge in [0.15, 0.2) is 0 Å². The quantitative estimate of drug-likeness (QED) is 0.554. The van der Waals surface area contributed by atoms with Crippen LogP contribution in [-0.2, 0) is 19.4 Å². The van der Waals surface area contributed by atoms with Gasteiger partial charge in [0.1, 0.15) is 9.84 Å². The Balaban J connectivity index is 1.31. The van der Waals surface area contributed by atoms with Crippen LogP contribution >= 0.6 is 11.6 Å². The topological polar surface area (TPSA) is 86.8 Å². The number of amides is 2. The molecule has 0 aromatic heterocycles. The van der Waals surface area contributed by atoms with Crippen molar-refractivity contribution >= 4 is 33.3 Å². The lowest BCUT2D eigenvalue weighted by Crippen LogP contribution is -2.68. The van der Waals surface area contributed by atoms with Crippen LogP contribution in [0.4, 0.5) is 0 Å². The summed E-state index contributed by atoms with van der Waals surface area (Å²) in [5, 5.41) is 3.65. The Labute approximate surface area is 222 Å². The van der Waals surface area contributed by atoms with Gasteiger partial charge in [0, 0.05) is 37.2 Å². The normalized spacial score (nSPS) is 43.6. The summed E-state index contributed by atoms with van der Waals surface area (Å²) in [6, 6.07) is 0.338. The predicted molar refractivity (Wildman–Crippen MR) is 142 cm³/mol. The molecule has 36 heavy (non-hydrogen) atoms. The molecule has 0 spiro atoms. The van der Waals surface area contributed by atoms with E-state index < -0.39 is 9.84 Å². The first kappa shape index (κ1) is 26.7. The van der Waals surface area contributed by atoms with Gasteiger partial charge < -0.3 is 15.1 Å². The van der Waals surface area contributed by atoms with Gasteiger partial charge in [-0.05, 0) is 95.3 Å². The second-order valence-corrected chi connectivity index (χ2v) is 15.5. The Morgan fingerprint density at radius 1 is 0.861 bits per heavy atom. The third-order valence-electron chi connectivity index (χ3n) is 10.3. The lowest BCUT2D eigenvalue weighted by atomic mass is 9.69. The number of fused-ring (bicyclic) bond motifs is 2. The van der Waals surface area contributed by atoms with Gasteiger partial charge in [-0.25, -0.2) is 8.42 Å². The van der Waals surface area contributed by atoms with Crippen molar-refractivity contribution in [1.82, 2.24) is 15.1 Å². The molecule has 2 aliphatic heterocycles. The molecule has 3 aliphatic carbocycles. The number of nitrogens with zero attached hydrogens (tertiary/aromatic N) is 2. The van der Waals surface area contributed by atoms with E-state index in [0.29, 0.717) is 30.3 Å². The second-order valence-electron chi connectivity index (χ2n) is 12.6. The number of hydrogen-bond acceptors (Lipinski definition) is 5. The van der Waals surface area contributed by atoms with Gasteiger partial charge in [0.2, 0.25) is 11.8 Å². The van der Waals surface area contributed by atoms with Gasteiger partial charge in [-0.2, -0.15) is 0 Å². The van der Waals surface area contributed by atoms with Crippen LogP contribution in [0.3, 0.4) is 0 Å². The van der Waals surface area contributed by atoms with Crippen molar-refractivity contribution in [3.05, 3.63) is 0 Å². The molecule has 0 bridgehead atoms. The highest BCUT2D eigenvalue weighted by atomic mass is 35.5. The van der Waals surface area contributed by atoms with Crippen molar-refractivity contribution in [3.8, 4) is 0 Å². The maximum atomic E-state index is 14.0. The van der Waals surface area contributed by atoms with Crippen molar-refractivity contribution in [2.24, 2.45) is 17.8 Å². The first-order chi connectivity index (χ1) is 17.0. The van der Waals surface area contributed by atoms with Crippen molar-refractivity contribution in [3.63, 3.8) is 0 Å². The lowest BCUT2D eigenvalue weighted by molar-refractivity contribution is -0.155. The Morgan fingerprint density at radius 3 is 2.19 bits per heavy atom. The molecule has 5 aliphatic rings.